The maximum atomic E-state index is 12.9. The smallest absolute Gasteiger partial charge is 0.330 e. The lowest BCUT2D eigenvalue weighted by Crippen LogP contribution is -2.36. The van der Waals surface area contributed by atoms with E-state index in [1.165, 1.54) is 30.3 Å². The molecule has 0 bridgehead atoms. The number of aliphatic carboxylic acids is 1. The summed E-state index contributed by atoms with van der Waals surface area (Å²) in [6.07, 6.45) is 0. The van der Waals surface area contributed by atoms with Gasteiger partial charge in [-0.15, -0.1) is 0 Å². The van der Waals surface area contributed by atoms with Crippen molar-refractivity contribution >= 4 is 40.9 Å². The van der Waals surface area contributed by atoms with E-state index >= 15 is 0 Å². The SMILES string of the molecule is O=C(Nc1cc(Cl)cc(Cl)c1)NC(C(=O)O)c1ccc(F)cc1. The van der Waals surface area contributed by atoms with Gasteiger partial charge in [0.15, 0.2) is 6.04 Å². The van der Waals surface area contributed by atoms with Crippen LogP contribution in [0.15, 0.2) is 42.5 Å². The number of carboxylic acid groups (broad SMARTS) is 1. The molecule has 120 valence electrons. The van der Waals surface area contributed by atoms with Gasteiger partial charge in [0.25, 0.3) is 0 Å². The molecule has 1 unspecified atom stereocenters. The number of carbonyl (C=O) groups excluding carboxylic acids is 1. The number of carbonyl (C=O) groups is 2. The summed E-state index contributed by atoms with van der Waals surface area (Å²) in [5.74, 6) is -1.79. The van der Waals surface area contributed by atoms with Crippen LogP contribution in [0.2, 0.25) is 10.0 Å². The zero-order valence-corrected chi connectivity index (χ0v) is 13.0. The summed E-state index contributed by atoms with van der Waals surface area (Å²) in [5, 5.41) is 14.6. The molecule has 0 radical (unpaired) electrons. The van der Waals surface area contributed by atoms with Gasteiger partial charge in [0.05, 0.1) is 0 Å². The maximum absolute atomic E-state index is 12.9. The third-order valence-corrected chi connectivity index (χ3v) is 3.28. The van der Waals surface area contributed by atoms with Crippen LogP contribution in [-0.2, 0) is 4.79 Å². The van der Waals surface area contributed by atoms with Crippen LogP contribution in [0.25, 0.3) is 0 Å². The van der Waals surface area contributed by atoms with Gasteiger partial charge in [-0.1, -0.05) is 35.3 Å². The standard InChI is InChI=1S/C15H11Cl2FN2O3/c16-9-5-10(17)7-12(6-9)19-15(23)20-13(14(21)22)8-1-3-11(18)4-2-8/h1-7,13H,(H,21,22)(H2,19,20,23). The fourth-order valence-corrected chi connectivity index (χ4v) is 2.39. The highest BCUT2D eigenvalue weighted by molar-refractivity contribution is 6.35. The van der Waals surface area contributed by atoms with E-state index in [-0.39, 0.29) is 5.56 Å². The Labute approximate surface area is 141 Å². The molecule has 2 aromatic rings. The number of hydrogen-bond donors (Lipinski definition) is 3. The quantitative estimate of drug-likeness (QED) is 0.772. The third kappa shape index (κ3) is 4.84. The van der Waals surface area contributed by atoms with E-state index in [0.29, 0.717) is 15.7 Å². The average molecular weight is 357 g/mol. The fourth-order valence-electron chi connectivity index (χ4n) is 1.87. The molecule has 0 aliphatic heterocycles. The van der Waals surface area contributed by atoms with Crippen molar-refractivity contribution in [2.75, 3.05) is 5.32 Å². The summed E-state index contributed by atoms with van der Waals surface area (Å²) in [6.45, 7) is 0. The van der Waals surface area contributed by atoms with Gasteiger partial charge >= 0.3 is 12.0 Å². The zero-order valence-electron chi connectivity index (χ0n) is 11.5. The van der Waals surface area contributed by atoms with Crippen molar-refractivity contribution in [2.24, 2.45) is 0 Å². The number of carboxylic acids is 1. The molecule has 2 aromatic carbocycles. The first kappa shape index (κ1) is 17.1. The third-order valence-electron chi connectivity index (χ3n) is 2.85. The monoisotopic (exact) mass is 356 g/mol. The van der Waals surface area contributed by atoms with Crippen LogP contribution in [0.4, 0.5) is 14.9 Å². The lowest BCUT2D eigenvalue weighted by atomic mass is 10.1. The Bertz CT molecular complexity index is 718. The van der Waals surface area contributed by atoms with Crippen molar-refractivity contribution in [3.05, 3.63) is 63.9 Å². The lowest BCUT2D eigenvalue weighted by Gasteiger charge is -2.15. The Morgan fingerprint density at radius 1 is 1.04 bits per heavy atom. The van der Waals surface area contributed by atoms with Crippen molar-refractivity contribution in [2.45, 2.75) is 6.04 Å². The van der Waals surface area contributed by atoms with E-state index in [1.54, 1.807) is 0 Å². The van der Waals surface area contributed by atoms with E-state index in [1.807, 2.05) is 0 Å². The zero-order chi connectivity index (χ0) is 17.0. The predicted octanol–water partition coefficient (Wildman–Crippen LogP) is 4.08. The summed E-state index contributed by atoms with van der Waals surface area (Å²) in [4.78, 5) is 23.2. The van der Waals surface area contributed by atoms with Gasteiger partial charge in [0.2, 0.25) is 0 Å². The molecule has 0 aromatic heterocycles. The van der Waals surface area contributed by atoms with E-state index in [4.69, 9.17) is 23.2 Å². The van der Waals surface area contributed by atoms with Crippen LogP contribution in [0.3, 0.4) is 0 Å². The van der Waals surface area contributed by atoms with Gasteiger partial charge in [-0.25, -0.2) is 14.0 Å². The van der Waals surface area contributed by atoms with Crippen molar-refractivity contribution in [3.63, 3.8) is 0 Å². The molecule has 2 rings (SSSR count). The van der Waals surface area contributed by atoms with E-state index < -0.39 is 23.9 Å². The van der Waals surface area contributed by atoms with Gasteiger partial charge in [0.1, 0.15) is 5.82 Å². The first-order valence-corrected chi connectivity index (χ1v) is 7.12. The Hall–Kier alpha value is -2.31. The van der Waals surface area contributed by atoms with E-state index in [9.17, 15) is 19.1 Å². The second kappa shape index (κ2) is 7.30. The molecule has 0 saturated heterocycles. The second-order valence-electron chi connectivity index (χ2n) is 4.58. The van der Waals surface area contributed by atoms with Crippen molar-refractivity contribution in [3.8, 4) is 0 Å². The predicted molar refractivity (Wildman–Crippen MR) is 85.4 cm³/mol. The summed E-state index contributed by atoms with van der Waals surface area (Å²) in [6, 6.07) is 7.11. The van der Waals surface area contributed by atoms with E-state index in [2.05, 4.69) is 10.6 Å². The van der Waals surface area contributed by atoms with Gasteiger partial charge < -0.3 is 15.7 Å². The fraction of sp³-hybridized carbons (Fsp3) is 0.0667. The molecule has 3 N–H and O–H groups in total. The Morgan fingerprint density at radius 3 is 2.13 bits per heavy atom. The van der Waals surface area contributed by atoms with Crippen LogP contribution in [-0.4, -0.2) is 17.1 Å². The highest BCUT2D eigenvalue weighted by Crippen LogP contribution is 2.22. The number of hydrogen-bond acceptors (Lipinski definition) is 2. The number of halogens is 3. The lowest BCUT2D eigenvalue weighted by molar-refractivity contribution is -0.139. The Kier molecular flexibility index (Phi) is 5.41. The molecule has 2 amide bonds. The highest BCUT2D eigenvalue weighted by atomic mass is 35.5. The van der Waals surface area contributed by atoms with Gasteiger partial charge in [-0.3, -0.25) is 0 Å². The minimum absolute atomic E-state index is 0.234. The first-order chi connectivity index (χ1) is 10.8. The van der Waals surface area contributed by atoms with Crippen LogP contribution in [0, 0.1) is 5.82 Å². The summed E-state index contributed by atoms with van der Waals surface area (Å²) in [7, 11) is 0. The molecule has 1 atom stereocenters. The molecule has 0 aliphatic carbocycles. The highest BCUT2D eigenvalue weighted by Gasteiger charge is 2.22. The Balaban J connectivity index is 2.12. The molecule has 0 saturated carbocycles. The first-order valence-electron chi connectivity index (χ1n) is 6.37. The van der Waals surface area contributed by atoms with Gasteiger partial charge in [0, 0.05) is 15.7 Å². The molecule has 0 heterocycles. The minimum atomic E-state index is -1.33. The molecular weight excluding hydrogens is 346 g/mol. The topological polar surface area (TPSA) is 78.4 Å². The minimum Gasteiger partial charge on any atom is -0.479 e. The summed E-state index contributed by atoms with van der Waals surface area (Å²) in [5.41, 5.74) is 0.543. The summed E-state index contributed by atoms with van der Waals surface area (Å²) < 4.78 is 12.9. The molecule has 0 fully saturated rings. The van der Waals surface area contributed by atoms with Gasteiger partial charge in [-0.2, -0.15) is 0 Å². The normalized spacial score (nSPS) is 11.6. The van der Waals surface area contributed by atoms with Crippen molar-refractivity contribution < 1.29 is 19.1 Å². The van der Waals surface area contributed by atoms with Crippen molar-refractivity contribution in [1.82, 2.24) is 5.32 Å². The van der Waals surface area contributed by atoms with E-state index in [0.717, 1.165) is 12.1 Å². The Morgan fingerprint density at radius 2 is 1.61 bits per heavy atom. The van der Waals surface area contributed by atoms with Crippen molar-refractivity contribution in [1.29, 1.82) is 0 Å². The van der Waals surface area contributed by atoms with Gasteiger partial charge in [-0.05, 0) is 35.9 Å². The molecule has 5 nitrogen and oxygen atoms in total. The largest absolute Gasteiger partial charge is 0.479 e. The second-order valence-corrected chi connectivity index (χ2v) is 5.45. The molecule has 0 spiro atoms. The number of nitrogens with one attached hydrogen (secondary N) is 2. The van der Waals surface area contributed by atoms with Crippen LogP contribution < -0.4 is 10.6 Å². The average Bonchev–Trinajstić information content (AvgIpc) is 2.44. The number of urea groups is 1. The number of amides is 2. The maximum Gasteiger partial charge on any atom is 0.330 e. The molecule has 0 aliphatic rings. The number of benzene rings is 2. The number of rotatable bonds is 4. The molecular formula is C15H11Cl2FN2O3. The number of anilines is 1. The molecule has 23 heavy (non-hydrogen) atoms. The summed E-state index contributed by atoms with van der Waals surface area (Å²) >= 11 is 11.6. The van der Waals surface area contributed by atoms with Crippen LogP contribution in [0.1, 0.15) is 11.6 Å². The van der Waals surface area contributed by atoms with Crippen LogP contribution in [0.5, 0.6) is 0 Å². The molecule has 8 heteroatoms. The van der Waals surface area contributed by atoms with Crippen LogP contribution >= 0.6 is 23.2 Å².